The van der Waals surface area contributed by atoms with Gasteiger partial charge in [0.15, 0.2) is 0 Å². The zero-order valence-electron chi connectivity index (χ0n) is 12.4. The number of anilines is 1. The Kier molecular flexibility index (Phi) is 3.44. The number of aromatic nitrogens is 2. The third-order valence-corrected chi connectivity index (χ3v) is 3.90. The van der Waals surface area contributed by atoms with Crippen molar-refractivity contribution in [3.8, 4) is 0 Å². The van der Waals surface area contributed by atoms with Gasteiger partial charge in [-0.25, -0.2) is 9.48 Å². The Morgan fingerprint density at radius 2 is 2.05 bits per heavy atom. The fourth-order valence-electron chi connectivity index (χ4n) is 2.79. The lowest BCUT2D eigenvalue weighted by Gasteiger charge is -2.24. The van der Waals surface area contributed by atoms with E-state index in [9.17, 15) is 9.59 Å². The predicted molar refractivity (Wildman–Crippen MR) is 81.1 cm³/mol. The second-order valence-corrected chi connectivity index (χ2v) is 5.72. The Morgan fingerprint density at radius 1 is 1.36 bits per heavy atom. The largest absolute Gasteiger partial charge is 0.478 e. The van der Waals surface area contributed by atoms with E-state index in [1.54, 1.807) is 35.1 Å². The average Bonchev–Trinajstić information content (AvgIpc) is 2.90. The number of carbonyl (C=O) groups is 2. The molecule has 1 amide bonds. The van der Waals surface area contributed by atoms with Crippen LogP contribution in [0.2, 0.25) is 0 Å². The molecule has 1 aromatic heterocycles. The van der Waals surface area contributed by atoms with Crippen LogP contribution in [0.1, 0.15) is 53.7 Å². The number of carboxylic acids is 1. The van der Waals surface area contributed by atoms with E-state index >= 15 is 0 Å². The molecule has 1 aromatic carbocycles. The number of nitrogens with zero attached hydrogens (tertiary/aromatic N) is 2. The van der Waals surface area contributed by atoms with Gasteiger partial charge in [-0.3, -0.25) is 4.79 Å². The summed E-state index contributed by atoms with van der Waals surface area (Å²) in [5.74, 6) is -0.374. The minimum atomic E-state index is -0.957. The SMILES string of the molecule is CC(C)n1ncc2c1NC(=O)CC2c1ccc(C(=O)O)cc1. The first kappa shape index (κ1) is 14.3. The Balaban J connectivity index is 2.02. The highest BCUT2D eigenvalue weighted by Gasteiger charge is 2.30. The van der Waals surface area contributed by atoms with Crippen LogP contribution in [0, 0.1) is 0 Å². The van der Waals surface area contributed by atoms with Crippen molar-refractivity contribution < 1.29 is 14.7 Å². The molecule has 2 N–H and O–H groups in total. The van der Waals surface area contributed by atoms with Crippen LogP contribution in [0.4, 0.5) is 5.82 Å². The summed E-state index contributed by atoms with van der Waals surface area (Å²) in [5.41, 5.74) is 2.13. The molecule has 0 saturated heterocycles. The van der Waals surface area contributed by atoms with Crippen LogP contribution in [0.3, 0.4) is 0 Å². The minimum Gasteiger partial charge on any atom is -0.478 e. The second kappa shape index (κ2) is 5.29. The van der Waals surface area contributed by atoms with Crippen molar-refractivity contribution >= 4 is 17.7 Å². The number of benzene rings is 1. The maximum atomic E-state index is 12.0. The Morgan fingerprint density at radius 3 is 2.64 bits per heavy atom. The van der Waals surface area contributed by atoms with Crippen molar-refractivity contribution in [3.05, 3.63) is 47.2 Å². The molecule has 0 aliphatic carbocycles. The van der Waals surface area contributed by atoms with Crippen LogP contribution < -0.4 is 5.32 Å². The number of amides is 1. The molecule has 0 bridgehead atoms. The number of carboxylic acid groups (broad SMARTS) is 1. The molecular formula is C16H17N3O3. The molecule has 6 nitrogen and oxygen atoms in total. The Labute approximate surface area is 127 Å². The maximum Gasteiger partial charge on any atom is 0.335 e. The highest BCUT2D eigenvalue weighted by atomic mass is 16.4. The number of hydrogen-bond acceptors (Lipinski definition) is 3. The summed E-state index contributed by atoms with van der Waals surface area (Å²) in [5, 5.41) is 16.2. The number of fused-ring (bicyclic) bond motifs is 1. The lowest BCUT2D eigenvalue weighted by atomic mass is 9.87. The van der Waals surface area contributed by atoms with Gasteiger partial charge in [-0.05, 0) is 31.5 Å². The van der Waals surface area contributed by atoms with Gasteiger partial charge >= 0.3 is 5.97 Å². The van der Waals surface area contributed by atoms with E-state index in [1.807, 2.05) is 13.8 Å². The van der Waals surface area contributed by atoms with Gasteiger partial charge in [0.1, 0.15) is 5.82 Å². The van der Waals surface area contributed by atoms with Crippen molar-refractivity contribution in [2.75, 3.05) is 5.32 Å². The molecule has 2 heterocycles. The molecule has 0 saturated carbocycles. The van der Waals surface area contributed by atoms with Crippen LogP contribution in [0.5, 0.6) is 0 Å². The van der Waals surface area contributed by atoms with Gasteiger partial charge in [-0.2, -0.15) is 5.10 Å². The lowest BCUT2D eigenvalue weighted by molar-refractivity contribution is -0.116. The second-order valence-electron chi connectivity index (χ2n) is 5.72. The normalized spacial score (nSPS) is 17.2. The van der Waals surface area contributed by atoms with Crippen LogP contribution in [-0.2, 0) is 4.79 Å². The van der Waals surface area contributed by atoms with Crippen molar-refractivity contribution in [3.63, 3.8) is 0 Å². The van der Waals surface area contributed by atoms with Gasteiger partial charge in [0.25, 0.3) is 0 Å². The summed E-state index contributed by atoms with van der Waals surface area (Å²) in [6.45, 7) is 4.01. The summed E-state index contributed by atoms with van der Waals surface area (Å²) in [7, 11) is 0. The van der Waals surface area contributed by atoms with E-state index in [-0.39, 0.29) is 23.4 Å². The predicted octanol–water partition coefficient (Wildman–Crippen LogP) is 2.64. The zero-order chi connectivity index (χ0) is 15.9. The van der Waals surface area contributed by atoms with Gasteiger partial charge in [-0.15, -0.1) is 0 Å². The first-order valence-corrected chi connectivity index (χ1v) is 7.18. The average molecular weight is 299 g/mol. The molecule has 114 valence electrons. The van der Waals surface area contributed by atoms with Gasteiger partial charge in [0, 0.05) is 23.9 Å². The molecule has 6 heteroatoms. The molecule has 0 spiro atoms. The molecule has 1 atom stereocenters. The van der Waals surface area contributed by atoms with Crippen LogP contribution in [-0.4, -0.2) is 26.8 Å². The van der Waals surface area contributed by atoms with E-state index in [1.165, 1.54) is 0 Å². The van der Waals surface area contributed by atoms with Gasteiger partial charge in [0.05, 0.1) is 11.8 Å². The molecule has 1 aliphatic rings. The van der Waals surface area contributed by atoms with Gasteiger partial charge in [0.2, 0.25) is 5.91 Å². The molecular weight excluding hydrogens is 282 g/mol. The topological polar surface area (TPSA) is 84.2 Å². The smallest absolute Gasteiger partial charge is 0.335 e. The van der Waals surface area contributed by atoms with E-state index in [4.69, 9.17) is 5.11 Å². The summed E-state index contributed by atoms with van der Waals surface area (Å²) in [6.07, 6.45) is 2.12. The molecule has 2 aromatic rings. The standard InChI is InChI=1S/C16H17N3O3/c1-9(2)19-15-13(8-17-19)12(7-14(20)18-15)10-3-5-11(6-4-10)16(21)22/h3-6,8-9,12H,7H2,1-2H3,(H,18,20)(H,21,22). The number of nitrogens with one attached hydrogen (secondary N) is 1. The number of aromatic carboxylic acids is 1. The first-order valence-electron chi connectivity index (χ1n) is 7.18. The summed E-state index contributed by atoms with van der Waals surface area (Å²) >= 11 is 0. The highest BCUT2D eigenvalue weighted by Crippen LogP contribution is 2.37. The van der Waals surface area contributed by atoms with Gasteiger partial charge in [-0.1, -0.05) is 12.1 Å². The molecule has 0 radical (unpaired) electrons. The lowest BCUT2D eigenvalue weighted by Crippen LogP contribution is -2.25. The van der Waals surface area contributed by atoms with Crippen molar-refractivity contribution in [2.45, 2.75) is 32.2 Å². The fraction of sp³-hybridized carbons (Fsp3) is 0.312. The molecule has 1 unspecified atom stereocenters. The van der Waals surface area contributed by atoms with Gasteiger partial charge < -0.3 is 10.4 Å². The Bertz CT molecular complexity index is 732. The van der Waals surface area contributed by atoms with E-state index in [2.05, 4.69) is 10.4 Å². The molecule has 3 rings (SSSR count). The number of rotatable bonds is 3. The molecule has 22 heavy (non-hydrogen) atoms. The van der Waals surface area contributed by atoms with Crippen LogP contribution in [0.15, 0.2) is 30.5 Å². The first-order chi connectivity index (χ1) is 10.5. The maximum absolute atomic E-state index is 12.0. The molecule has 1 aliphatic heterocycles. The van der Waals surface area contributed by atoms with Crippen LogP contribution in [0.25, 0.3) is 0 Å². The minimum absolute atomic E-state index is 0.0535. The summed E-state index contributed by atoms with van der Waals surface area (Å²) in [6, 6.07) is 6.82. The van der Waals surface area contributed by atoms with E-state index in [0.29, 0.717) is 6.42 Å². The third kappa shape index (κ3) is 2.36. The highest BCUT2D eigenvalue weighted by molar-refractivity contribution is 5.94. The summed E-state index contributed by atoms with van der Waals surface area (Å²) in [4.78, 5) is 23.0. The third-order valence-electron chi connectivity index (χ3n) is 3.90. The van der Waals surface area contributed by atoms with Crippen molar-refractivity contribution in [1.29, 1.82) is 0 Å². The zero-order valence-corrected chi connectivity index (χ0v) is 12.4. The fourth-order valence-corrected chi connectivity index (χ4v) is 2.79. The Hall–Kier alpha value is -2.63. The monoisotopic (exact) mass is 299 g/mol. The van der Waals surface area contributed by atoms with Crippen molar-refractivity contribution in [1.82, 2.24) is 9.78 Å². The van der Waals surface area contributed by atoms with Crippen LogP contribution >= 0.6 is 0 Å². The summed E-state index contributed by atoms with van der Waals surface area (Å²) < 4.78 is 1.80. The quantitative estimate of drug-likeness (QED) is 0.912. The number of carbonyl (C=O) groups excluding carboxylic acids is 1. The van der Waals surface area contributed by atoms with E-state index in [0.717, 1.165) is 16.9 Å². The molecule has 0 fully saturated rings. The van der Waals surface area contributed by atoms with E-state index < -0.39 is 5.97 Å². The van der Waals surface area contributed by atoms with Crippen molar-refractivity contribution in [2.24, 2.45) is 0 Å². The number of hydrogen-bond donors (Lipinski definition) is 2.